The van der Waals surface area contributed by atoms with Gasteiger partial charge < -0.3 is 9.47 Å². The summed E-state index contributed by atoms with van der Waals surface area (Å²) in [6, 6.07) is 8.88. The van der Waals surface area contributed by atoms with Gasteiger partial charge in [0.25, 0.3) is 0 Å². The first-order valence-corrected chi connectivity index (χ1v) is 9.10. The quantitative estimate of drug-likeness (QED) is 0.867. The third-order valence-corrected chi connectivity index (χ3v) is 6.01. The fourth-order valence-electron chi connectivity index (χ4n) is 4.49. The maximum absolute atomic E-state index is 4.76. The Labute approximate surface area is 138 Å². The van der Waals surface area contributed by atoms with Crippen molar-refractivity contribution in [1.29, 1.82) is 0 Å². The van der Waals surface area contributed by atoms with E-state index in [1.807, 2.05) is 0 Å². The minimum atomic E-state index is 0.819. The van der Waals surface area contributed by atoms with Crippen molar-refractivity contribution in [2.45, 2.75) is 32.7 Å². The summed E-state index contributed by atoms with van der Waals surface area (Å²) in [5.41, 5.74) is 3.93. The monoisotopic (exact) mass is 307 g/mol. The van der Waals surface area contributed by atoms with Crippen molar-refractivity contribution in [1.82, 2.24) is 14.5 Å². The lowest BCUT2D eigenvalue weighted by molar-refractivity contribution is 0.303. The predicted octanol–water partition coefficient (Wildman–Crippen LogP) is 3.37. The third-order valence-electron chi connectivity index (χ3n) is 6.01. The Morgan fingerprint density at radius 1 is 1.04 bits per heavy atom. The van der Waals surface area contributed by atoms with E-state index in [4.69, 9.17) is 4.98 Å². The highest BCUT2D eigenvalue weighted by Crippen LogP contribution is 2.37. The van der Waals surface area contributed by atoms with E-state index in [1.165, 1.54) is 55.1 Å². The summed E-state index contributed by atoms with van der Waals surface area (Å²) in [7, 11) is 0. The maximum Gasteiger partial charge on any atom is 0.109 e. The first-order valence-electron chi connectivity index (χ1n) is 9.10. The molecule has 0 spiro atoms. The van der Waals surface area contributed by atoms with E-state index >= 15 is 0 Å². The number of aryl methyl sites for hydroxylation is 1. The van der Waals surface area contributed by atoms with Crippen molar-refractivity contribution in [3.05, 3.63) is 41.9 Å². The molecule has 5 rings (SSSR count). The van der Waals surface area contributed by atoms with Gasteiger partial charge in [-0.1, -0.05) is 29.8 Å². The van der Waals surface area contributed by atoms with E-state index in [0.717, 1.165) is 30.7 Å². The van der Waals surface area contributed by atoms with E-state index < -0.39 is 0 Å². The Bertz CT molecular complexity index is 711. The van der Waals surface area contributed by atoms with Crippen LogP contribution < -0.4 is 0 Å². The van der Waals surface area contributed by atoms with Crippen LogP contribution in [0.15, 0.2) is 30.5 Å². The van der Waals surface area contributed by atoms with Crippen LogP contribution in [-0.4, -0.2) is 34.1 Å². The summed E-state index contributed by atoms with van der Waals surface area (Å²) in [6.45, 7) is 7.25. The van der Waals surface area contributed by atoms with Gasteiger partial charge in [0.1, 0.15) is 5.82 Å². The molecule has 3 heterocycles. The van der Waals surface area contributed by atoms with Crippen molar-refractivity contribution in [3.8, 4) is 11.3 Å². The number of hydrogen-bond donors (Lipinski definition) is 0. The highest BCUT2D eigenvalue weighted by Gasteiger charge is 2.39. The second-order valence-corrected chi connectivity index (χ2v) is 7.92. The van der Waals surface area contributed by atoms with Gasteiger partial charge in [-0.05, 0) is 43.1 Å². The van der Waals surface area contributed by atoms with Crippen molar-refractivity contribution in [2.24, 2.45) is 17.8 Å². The molecule has 3 nitrogen and oxygen atoms in total. The number of hydrogen-bond acceptors (Lipinski definition) is 2. The Morgan fingerprint density at radius 2 is 1.83 bits per heavy atom. The van der Waals surface area contributed by atoms with Gasteiger partial charge in [-0.25, -0.2) is 4.98 Å². The van der Waals surface area contributed by atoms with E-state index in [0.29, 0.717) is 0 Å². The molecule has 0 N–H and O–H groups in total. The Morgan fingerprint density at radius 3 is 2.61 bits per heavy atom. The van der Waals surface area contributed by atoms with Crippen LogP contribution in [0.25, 0.3) is 11.3 Å². The lowest BCUT2D eigenvalue weighted by Crippen LogP contribution is -2.28. The number of aromatic nitrogens is 2. The molecular formula is C20H25N3. The molecule has 0 amide bonds. The molecule has 2 aromatic rings. The van der Waals surface area contributed by atoms with Crippen molar-refractivity contribution >= 4 is 0 Å². The first-order chi connectivity index (χ1) is 11.3. The summed E-state index contributed by atoms with van der Waals surface area (Å²) in [4.78, 5) is 7.49. The average Bonchev–Trinajstić information content (AvgIpc) is 3.13. The summed E-state index contributed by atoms with van der Waals surface area (Å²) < 4.78 is 2.49. The Balaban J connectivity index is 1.39. The second-order valence-electron chi connectivity index (χ2n) is 7.92. The molecule has 1 aromatic carbocycles. The average molecular weight is 307 g/mol. The van der Waals surface area contributed by atoms with Gasteiger partial charge in [-0.15, -0.1) is 0 Å². The summed E-state index contributed by atoms with van der Waals surface area (Å²) >= 11 is 0. The zero-order valence-electron chi connectivity index (χ0n) is 13.9. The fourth-order valence-corrected chi connectivity index (χ4v) is 4.49. The van der Waals surface area contributed by atoms with Gasteiger partial charge in [0.05, 0.1) is 11.9 Å². The lowest BCUT2D eigenvalue weighted by atomic mass is 9.89. The number of fused-ring (bicyclic) bond motifs is 2. The molecule has 120 valence electrons. The minimum absolute atomic E-state index is 0.819. The third kappa shape index (κ3) is 2.51. The molecule has 3 heteroatoms. The fraction of sp³-hybridized carbons (Fsp3) is 0.550. The standard InChI is InChI=1S/C20H25N3/c1-14-2-6-16(7-3-14)19-9-21-20-8-17-11-22(10-15-4-5-15)12-18(17)13-23(19)20/h2-3,6-7,9,15,17-18H,4-5,8,10-13H2,1H3/t17-,18-/m1/s1. The Kier molecular flexibility index (Phi) is 3.12. The normalized spacial score (nSPS) is 27.0. The molecule has 2 atom stereocenters. The molecule has 23 heavy (non-hydrogen) atoms. The van der Waals surface area contributed by atoms with Crippen LogP contribution in [0.3, 0.4) is 0 Å². The number of likely N-dealkylation sites (tertiary alicyclic amines) is 1. The molecule has 0 bridgehead atoms. The zero-order chi connectivity index (χ0) is 15.4. The molecule has 1 saturated heterocycles. The number of nitrogens with zero attached hydrogens (tertiary/aromatic N) is 3. The summed E-state index contributed by atoms with van der Waals surface area (Å²) in [6.07, 6.45) is 6.18. The van der Waals surface area contributed by atoms with E-state index in [-0.39, 0.29) is 0 Å². The van der Waals surface area contributed by atoms with Gasteiger partial charge in [-0.2, -0.15) is 0 Å². The van der Waals surface area contributed by atoms with E-state index in [1.54, 1.807) is 0 Å². The van der Waals surface area contributed by atoms with Crippen LogP contribution in [0.5, 0.6) is 0 Å². The zero-order valence-corrected chi connectivity index (χ0v) is 13.9. The smallest absolute Gasteiger partial charge is 0.109 e. The van der Waals surface area contributed by atoms with Crippen molar-refractivity contribution in [3.63, 3.8) is 0 Å². The van der Waals surface area contributed by atoms with Crippen molar-refractivity contribution < 1.29 is 0 Å². The molecular weight excluding hydrogens is 282 g/mol. The first kappa shape index (κ1) is 13.8. The highest BCUT2D eigenvalue weighted by molar-refractivity contribution is 5.60. The van der Waals surface area contributed by atoms with Crippen LogP contribution in [0.4, 0.5) is 0 Å². The topological polar surface area (TPSA) is 21.1 Å². The van der Waals surface area contributed by atoms with E-state index in [9.17, 15) is 0 Å². The molecule has 0 radical (unpaired) electrons. The summed E-state index contributed by atoms with van der Waals surface area (Å²) in [5.74, 6) is 3.96. The van der Waals surface area contributed by atoms with Gasteiger partial charge in [0.15, 0.2) is 0 Å². The predicted molar refractivity (Wildman–Crippen MR) is 92.2 cm³/mol. The van der Waals surface area contributed by atoms with Gasteiger partial charge >= 0.3 is 0 Å². The van der Waals surface area contributed by atoms with Crippen LogP contribution in [0, 0.1) is 24.7 Å². The van der Waals surface area contributed by atoms with Crippen LogP contribution in [0.2, 0.25) is 0 Å². The van der Waals surface area contributed by atoms with Crippen molar-refractivity contribution in [2.75, 3.05) is 19.6 Å². The van der Waals surface area contributed by atoms with Gasteiger partial charge in [-0.3, -0.25) is 0 Å². The molecule has 2 fully saturated rings. The van der Waals surface area contributed by atoms with Gasteiger partial charge in [0.2, 0.25) is 0 Å². The van der Waals surface area contributed by atoms with E-state index in [2.05, 4.69) is 46.9 Å². The number of imidazole rings is 1. The van der Waals surface area contributed by atoms with Crippen LogP contribution in [-0.2, 0) is 13.0 Å². The molecule has 1 saturated carbocycles. The van der Waals surface area contributed by atoms with Crippen LogP contribution >= 0.6 is 0 Å². The highest BCUT2D eigenvalue weighted by atomic mass is 15.2. The molecule has 3 aliphatic rings. The molecule has 1 aliphatic carbocycles. The van der Waals surface area contributed by atoms with Gasteiger partial charge in [0, 0.05) is 32.6 Å². The molecule has 1 aromatic heterocycles. The molecule has 0 unspecified atom stereocenters. The Hall–Kier alpha value is -1.61. The summed E-state index contributed by atoms with van der Waals surface area (Å²) in [5, 5.41) is 0. The maximum atomic E-state index is 4.76. The lowest BCUT2D eigenvalue weighted by Gasteiger charge is -2.27. The van der Waals surface area contributed by atoms with Crippen LogP contribution in [0.1, 0.15) is 24.2 Å². The SMILES string of the molecule is Cc1ccc(-c2cnc3n2C[C@H]2CN(CC4CC4)C[C@H]2C3)cc1. The number of rotatable bonds is 3. The molecule has 2 aliphatic heterocycles. The number of benzene rings is 1. The minimum Gasteiger partial charge on any atom is -0.328 e. The second kappa shape index (κ2) is 5.20. The largest absolute Gasteiger partial charge is 0.328 e.